The van der Waals surface area contributed by atoms with Gasteiger partial charge in [0.25, 0.3) is 0 Å². The highest BCUT2D eigenvalue weighted by atomic mass is 16.4. The monoisotopic (exact) mass is 901 g/mol. The van der Waals surface area contributed by atoms with Gasteiger partial charge in [-0.05, 0) is 242 Å². The van der Waals surface area contributed by atoms with Crippen molar-refractivity contribution >= 4 is 11.9 Å². The first kappa shape index (κ1) is 49.7. The Morgan fingerprint density at radius 1 is 0.615 bits per heavy atom. The Balaban J connectivity index is 0.000000159. The second-order valence-electron chi connectivity index (χ2n) is 25.4. The molecule has 4 N–H and O–H groups in total. The number of aliphatic carboxylic acids is 1. The first-order valence-corrected chi connectivity index (χ1v) is 28.0. The maximum Gasteiger partial charge on any atom is 0.303 e. The summed E-state index contributed by atoms with van der Waals surface area (Å²) in [7, 11) is 0. The summed E-state index contributed by atoms with van der Waals surface area (Å²) in [6.07, 6.45) is 35.1. The molecular formula is C58H96N2O5. The van der Waals surface area contributed by atoms with Crippen molar-refractivity contribution in [1.82, 2.24) is 10.2 Å². The number of nitrogens with one attached hydrogen (secondary N) is 1. The molecule has 2 heterocycles. The van der Waals surface area contributed by atoms with Gasteiger partial charge >= 0.3 is 5.97 Å². The van der Waals surface area contributed by atoms with Crippen molar-refractivity contribution in [2.45, 2.75) is 221 Å². The molecule has 0 bridgehead atoms. The number of likely N-dealkylation sites (tertiary alicyclic amines) is 1. The molecule has 1 amide bonds. The van der Waals surface area contributed by atoms with Gasteiger partial charge in [-0.25, -0.2) is 0 Å². The number of nitrogens with zero attached hydrogens (tertiary/aromatic N) is 1. The van der Waals surface area contributed by atoms with Crippen LogP contribution in [0.4, 0.5) is 0 Å². The van der Waals surface area contributed by atoms with Gasteiger partial charge in [0.1, 0.15) is 0 Å². The molecule has 65 heavy (non-hydrogen) atoms. The molecule has 16 atom stereocenters. The van der Waals surface area contributed by atoms with Gasteiger partial charge in [-0.15, -0.1) is 0 Å². The number of carboxylic acids is 1. The largest absolute Gasteiger partial charge is 0.481 e. The van der Waals surface area contributed by atoms with Crippen LogP contribution in [0, 0.1) is 80.8 Å². The van der Waals surface area contributed by atoms with Crippen LogP contribution in [0.1, 0.15) is 208 Å². The summed E-state index contributed by atoms with van der Waals surface area (Å²) in [4.78, 5) is 25.9. The molecule has 0 unspecified atom stereocenters. The zero-order chi connectivity index (χ0) is 46.1. The van der Waals surface area contributed by atoms with Gasteiger partial charge < -0.3 is 25.5 Å². The number of carbonyl (C=O) groups excluding carboxylic acids is 1. The van der Waals surface area contributed by atoms with E-state index in [4.69, 9.17) is 5.11 Å². The van der Waals surface area contributed by atoms with Gasteiger partial charge in [0.15, 0.2) is 0 Å². The van der Waals surface area contributed by atoms with Crippen molar-refractivity contribution in [2.75, 3.05) is 26.2 Å². The van der Waals surface area contributed by atoms with Crippen molar-refractivity contribution < 1.29 is 24.9 Å². The zero-order valence-electron chi connectivity index (χ0n) is 42.4. The molecule has 2 saturated heterocycles. The van der Waals surface area contributed by atoms with Crippen molar-refractivity contribution in [1.29, 1.82) is 0 Å². The highest BCUT2D eigenvalue weighted by Crippen LogP contribution is 2.69. The van der Waals surface area contributed by atoms with E-state index < -0.39 is 5.97 Å². The Hall–Kier alpha value is -1.70. The molecule has 2 aliphatic heterocycles. The Kier molecular flexibility index (Phi) is 15.8. The fourth-order valence-electron chi connectivity index (χ4n) is 18.4. The maximum absolute atomic E-state index is 12.8. The van der Waals surface area contributed by atoms with Gasteiger partial charge in [-0.2, -0.15) is 0 Å². The lowest BCUT2D eigenvalue weighted by atomic mass is 9.47. The van der Waals surface area contributed by atoms with Crippen LogP contribution in [0.15, 0.2) is 23.3 Å². The summed E-state index contributed by atoms with van der Waals surface area (Å²) in [5, 5.41) is 32.8. The van der Waals surface area contributed by atoms with E-state index in [-0.39, 0.29) is 12.2 Å². The summed E-state index contributed by atoms with van der Waals surface area (Å²) in [6.45, 7) is 19.4. The quantitative estimate of drug-likeness (QED) is 0.181. The van der Waals surface area contributed by atoms with E-state index in [9.17, 15) is 19.8 Å². The molecule has 7 heteroatoms. The fourth-order valence-corrected chi connectivity index (χ4v) is 18.4. The van der Waals surface area contributed by atoms with E-state index >= 15 is 0 Å². The molecule has 6 saturated carbocycles. The number of fused-ring (bicyclic) bond motifs is 10. The van der Waals surface area contributed by atoms with Crippen LogP contribution < -0.4 is 5.32 Å². The zero-order valence-corrected chi connectivity index (χ0v) is 42.4. The molecule has 10 aliphatic rings. The van der Waals surface area contributed by atoms with Crippen molar-refractivity contribution in [2.24, 2.45) is 80.8 Å². The fraction of sp³-hybridized carbons (Fsp3) is 0.897. The number of hydrogen-bond donors (Lipinski definition) is 4. The summed E-state index contributed by atoms with van der Waals surface area (Å²) in [5.41, 5.74) is 4.65. The number of allylic oxidation sites excluding steroid dienone is 2. The second kappa shape index (κ2) is 20.7. The number of amides is 1. The SMILES string of the molecule is C1CCNCC1.C[C@H](CCC(=O)N1CCCCC1)[C@H]1CC[C@H]2[C@@H]3CC=C4C[C@@H](O)CC[C@]4(C)[C@H]3CC[C@]12C.C[C@H](CCC(=O)O)[C@H]1CC[C@H]2[C@@H]3CC=C4C[C@@H](O)CC[C@]4(C)[C@H]3CC[C@]12C. The third-order valence-corrected chi connectivity index (χ3v) is 22.2. The number of rotatable bonds is 8. The topological polar surface area (TPSA) is 110 Å². The average Bonchev–Trinajstić information content (AvgIpc) is 3.86. The highest BCUT2D eigenvalue weighted by Gasteiger charge is 2.61. The normalized spacial score (nSPS) is 44.0. The van der Waals surface area contributed by atoms with Crippen molar-refractivity contribution in [3.05, 3.63) is 23.3 Å². The minimum absolute atomic E-state index is 0.107. The van der Waals surface area contributed by atoms with Crippen LogP contribution in [-0.4, -0.2) is 70.5 Å². The van der Waals surface area contributed by atoms with Gasteiger partial charge in [-0.3, -0.25) is 9.59 Å². The lowest BCUT2D eigenvalue weighted by molar-refractivity contribution is -0.137. The minimum Gasteiger partial charge on any atom is -0.481 e. The van der Waals surface area contributed by atoms with Gasteiger partial charge in [0.2, 0.25) is 5.91 Å². The van der Waals surface area contributed by atoms with E-state index in [2.05, 4.69) is 63.9 Å². The second-order valence-corrected chi connectivity index (χ2v) is 25.4. The number of carboxylic acid groups (broad SMARTS) is 1. The molecule has 0 aromatic heterocycles. The maximum atomic E-state index is 12.8. The minimum atomic E-state index is -0.650. The lowest BCUT2D eigenvalue weighted by Crippen LogP contribution is -2.50. The first-order valence-electron chi connectivity index (χ1n) is 28.0. The number of piperidine rings is 2. The summed E-state index contributed by atoms with van der Waals surface area (Å²) < 4.78 is 0. The van der Waals surface area contributed by atoms with Crippen molar-refractivity contribution in [3.63, 3.8) is 0 Å². The molecular weight excluding hydrogens is 805 g/mol. The van der Waals surface area contributed by atoms with E-state index in [1.807, 2.05) is 0 Å². The van der Waals surface area contributed by atoms with Crippen LogP contribution in [0.2, 0.25) is 0 Å². The Morgan fingerprint density at radius 2 is 1.08 bits per heavy atom. The summed E-state index contributed by atoms with van der Waals surface area (Å²) in [6, 6.07) is 0. The third-order valence-electron chi connectivity index (χ3n) is 22.2. The summed E-state index contributed by atoms with van der Waals surface area (Å²) in [5.74, 6) is 7.31. The predicted octanol–water partition coefficient (Wildman–Crippen LogP) is 12.5. The molecule has 10 rings (SSSR count). The third kappa shape index (κ3) is 10.0. The summed E-state index contributed by atoms with van der Waals surface area (Å²) >= 11 is 0. The molecule has 8 aliphatic carbocycles. The lowest BCUT2D eigenvalue weighted by Gasteiger charge is -2.58. The predicted molar refractivity (Wildman–Crippen MR) is 264 cm³/mol. The van der Waals surface area contributed by atoms with Crippen LogP contribution in [0.25, 0.3) is 0 Å². The van der Waals surface area contributed by atoms with Crippen molar-refractivity contribution in [3.8, 4) is 0 Å². The molecule has 0 radical (unpaired) electrons. The molecule has 0 spiro atoms. The molecule has 368 valence electrons. The van der Waals surface area contributed by atoms with Gasteiger partial charge in [0.05, 0.1) is 12.2 Å². The molecule has 8 fully saturated rings. The van der Waals surface area contributed by atoms with Crippen LogP contribution in [-0.2, 0) is 9.59 Å². The highest BCUT2D eigenvalue weighted by molar-refractivity contribution is 5.76. The number of hydrogen-bond acceptors (Lipinski definition) is 5. The Morgan fingerprint density at radius 3 is 1.51 bits per heavy atom. The molecule has 0 aromatic rings. The first-order chi connectivity index (χ1) is 31.1. The van der Waals surface area contributed by atoms with E-state index in [1.165, 1.54) is 122 Å². The average molecular weight is 901 g/mol. The molecule has 7 nitrogen and oxygen atoms in total. The number of aliphatic hydroxyl groups is 2. The van der Waals surface area contributed by atoms with Gasteiger partial charge in [0, 0.05) is 25.9 Å². The molecule has 0 aromatic carbocycles. The van der Waals surface area contributed by atoms with E-state index in [1.54, 1.807) is 11.1 Å². The van der Waals surface area contributed by atoms with Gasteiger partial charge in [-0.1, -0.05) is 71.3 Å². The smallest absolute Gasteiger partial charge is 0.303 e. The van der Waals surface area contributed by atoms with Crippen LogP contribution in [0.3, 0.4) is 0 Å². The van der Waals surface area contributed by atoms with Crippen LogP contribution in [0.5, 0.6) is 0 Å². The number of carbonyl (C=O) groups is 2. The van der Waals surface area contributed by atoms with E-state index in [0.717, 1.165) is 106 Å². The van der Waals surface area contributed by atoms with E-state index in [0.29, 0.717) is 51.7 Å². The Bertz CT molecular complexity index is 1690. The Labute approximate surface area is 396 Å². The standard InChI is InChI=1S/C29H47NO2.C24H38O3.C5H11N/c1-20(7-12-27(32)30-17-5-4-6-18-30)24-10-11-25-23-9-8-21-19-22(31)13-15-28(21,2)26(23)14-16-29(24,25)3;1-15(4-9-22(26)27)19-7-8-20-18-6-5-16-14-17(25)10-12-23(16,2)21(18)11-13-24(19,20)3;1-2-4-6-5-3-1/h8,20,22-26,31H,4-7,9-19H2,1-3H3;5,15,17-21,25H,4,6-14H2,1-3H3,(H,26,27);6H,1-5H2/t20-,22+,23+,24-,25+,26+,28+,29-;15-,17+,18+,19-,20+,21+,23+,24-;/m11./s1. The van der Waals surface area contributed by atoms with Crippen LogP contribution >= 0.6 is 0 Å². The number of aliphatic hydroxyl groups excluding tert-OH is 2.